The number of rotatable bonds is 6. The number of primary amides is 1. The number of amides is 1. The van der Waals surface area contributed by atoms with Gasteiger partial charge in [0.25, 0.3) is 5.91 Å². The van der Waals surface area contributed by atoms with E-state index in [0.717, 1.165) is 11.6 Å². The van der Waals surface area contributed by atoms with Crippen LogP contribution in [0.25, 0.3) is 0 Å². The fourth-order valence-corrected chi connectivity index (χ4v) is 2.68. The van der Waals surface area contributed by atoms with Gasteiger partial charge in [-0.2, -0.15) is 5.10 Å². The fourth-order valence-electron chi connectivity index (χ4n) is 2.68. The van der Waals surface area contributed by atoms with Crippen molar-refractivity contribution in [3.63, 3.8) is 0 Å². The standard InChI is InChI=1S/C14H20F4N4O/c1-13(15,16)6-7-22-12(11(19)23)20-10(21-22)8-9-2-4-14(17,18)5-3-9/h9H,2-8H2,1H3,(H2,19,23). The summed E-state index contributed by atoms with van der Waals surface area (Å²) >= 11 is 0. The van der Waals surface area contributed by atoms with Crippen LogP contribution in [0.5, 0.6) is 0 Å². The number of hydrogen-bond donors (Lipinski definition) is 1. The van der Waals surface area contributed by atoms with Gasteiger partial charge in [0, 0.05) is 32.2 Å². The highest BCUT2D eigenvalue weighted by atomic mass is 19.3. The van der Waals surface area contributed by atoms with Gasteiger partial charge in [0.2, 0.25) is 17.7 Å². The number of aryl methyl sites for hydroxylation is 1. The fraction of sp³-hybridized carbons (Fsp3) is 0.786. The summed E-state index contributed by atoms with van der Waals surface area (Å²) < 4.78 is 53.2. The predicted octanol–water partition coefficient (Wildman–Crippen LogP) is 2.79. The lowest BCUT2D eigenvalue weighted by Crippen LogP contribution is -2.25. The van der Waals surface area contributed by atoms with Crippen LogP contribution >= 0.6 is 0 Å². The molecule has 130 valence electrons. The third-order valence-corrected chi connectivity index (χ3v) is 4.01. The van der Waals surface area contributed by atoms with Crippen LogP contribution in [0.2, 0.25) is 0 Å². The second kappa shape index (κ2) is 6.45. The van der Waals surface area contributed by atoms with E-state index in [0.29, 0.717) is 19.3 Å². The van der Waals surface area contributed by atoms with E-state index in [-0.39, 0.29) is 37.0 Å². The molecule has 0 aromatic carbocycles. The molecular formula is C14H20F4N4O. The number of carbonyl (C=O) groups excluding carboxylic acids is 1. The molecule has 2 rings (SSSR count). The zero-order valence-electron chi connectivity index (χ0n) is 12.9. The quantitative estimate of drug-likeness (QED) is 0.812. The largest absolute Gasteiger partial charge is 0.363 e. The molecular weight excluding hydrogens is 316 g/mol. The molecule has 1 aliphatic carbocycles. The molecule has 0 atom stereocenters. The van der Waals surface area contributed by atoms with Crippen molar-refractivity contribution in [2.75, 3.05) is 0 Å². The van der Waals surface area contributed by atoms with Gasteiger partial charge in [-0.1, -0.05) is 0 Å². The average molecular weight is 336 g/mol. The van der Waals surface area contributed by atoms with E-state index in [2.05, 4.69) is 10.1 Å². The molecule has 9 heteroatoms. The van der Waals surface area contributed by atoms with Crippen LogP contribution < -0.4 is 5.73 Å². The monoisotopic (exact) mass is 336 g/mol. The summed E-state index contributed by atoms with van der Waals surface area (Å²) in [5, 5.41) is 4.05. The van der Waals surface area contributed by atoms with Crippen molar-refractivity contribution in [2.45, 2.75) is 63.8 Å². The van der Waals surface area contributed by atoms with Crippen molar-refractivity contribution in [2.24, 2.45) is 11.7 Å². The zero-order valence-corrected chi connectivity index (χ0v) is 12.9. The van der Waals surface area contributed by atoms with Gasteiger partial charge in [-0.25, -0.2) is 27.2 Å². The molecule has 5 nitrogen and oxygen atoms in total. The first-order valence-corrected chi connectivity index (χ1v) is 7.55. The molecule has 0 aliphatic heterocycles. The number of nitrogens with zero attached hydrogens (tertiary/aromatic N) is 3. The number of aromatic nitrogens is 3. The van der Waals surface area contributed by atoms with Crippen LogP contribution in [0.4, 0.5) is 17.6 Å². The summed E-state index contributed by atoms with van der Waals surface area (Å²) in [6.45, 7) is 0.592. The maximum absolute atomic E-state index is 13.1. The zero-order chi connectivity index (χ0) is 17.3. The normalized spacial score (nSPS) is 19.0. The lowest BCUT2D eigenvalue weighted by atomic mass is 9.85. The minimum Gasteiger partial charge on any atom is -0.363 e. The van der Waals surface area contributed by atoms with Gasteiger partial charge >= 0.3 is 0 Å². The van der Waals surface area contributed by atoms with Crippen LogP contribution in [0.3, 0.4) is 0 Å². The lowest BCUT2D eigenvalue weighted by molar-refractivity contribution is -0.0458. The van der Waals surface area contributed by atoms with E-state index in [1.165, 1.54) is 0 Å². The summed E-state index contributed by atoms with van der Waals surface area (Å²) in [4.78, 5) is 15.3. The lowest BCUT2D eigenvalue weighted by Gasteiger charge is -2.27. The number of carbonyl (C=O) groups is 1. The van der Waals surface area contributed by atoms with Crippen LogP contribution in [-0.4, -0.2) is 32.5 Å². The van der Waals surface area contributed by atoms with Gasteiger partial charge in [0.1, 0.15) is 0 Å². The smallest absolute Gasteiger partial charge is 0.286 e. The van der Waals surface area contributed by atoms with Crippen molar-refractivity contribution in [1.82, 2.24) is 14.8 Å². The van der Waals surface area contributed by atoms with Gasteiger partial charge in [0.05, 0.1) is 0 Å². The summed E-state index contributed by atoms with van der Waals surface area (Å²) in [5.41, 5.74) is 5.19. The summed E-state index contributed by atoms with van der Waals surface area (Å²) in [5.74, 6) is -6.25. The van der Waals surface area contributed by atoms with Crippen molar-refractivity contribution in [3.05, 3.63) is 11.6 Å². The first kappa shape index (κ1) is 17.7. The van der Waals surface area contributed by atoms with Crippen LogP contribution in [0.1, 0.15) is 55.5 Å². The molecule has 0 radical (unpaired) electrons. The Balaban J connectivity index is 2.04. The van der Waals surface area contributed by atoms with Gasteiger partial charge in [-0.3, -0.25) is 4.79 Å². The molecule has 0 spiro atoms. The van der Waals surface area contributed by atoms with Crippen molar-refractivity contribution in [1.29, 1.82) is 0 Å². The van der Waals surface area contributed by atoms with Crippen LogP contribution in [0, 0.1) is 5.92 Å². The SMILES string of the molecule is CC(F)(F)CCn1nc(CC2CCC(F)(F)CC2)nc1C(N)=O. The molecule has 1 heterocycles. The Morgan fingerprint density at radius 3 is 2.52 bits per heavy atom. The molecule has 1 aliphatic rings. The van der Waals surface area contributed by atoms with Gasteiger partial charge in [0.15, 0.2) is 5.82 Å². The summed E-state index contributed by atoms with van der Waals surface area (Å²) in [6, 6.07) is 0. The highest BCUT2D eigenvalue weighted by molar-refractivity contribution is 5.89. The average Bonchev–Trinajstić information content (AvgIpc) is 2.81. The number of halogens is 4. The van der Waals surface area contributed by atoms with Gasteiger partial charge in [-0.15, -0.1) is 0 Å². The number of nitrogens with two attached hydrogens (primary N) is 1. The maximum atomic E-state index is 13.1. The Labute approximate surface area is 131 Å². The van der Waals surface area contributed by atoms with E-state index in [4.69, 9.17) is 5.73 Å². The Morgan fingerprint density at radius 2 is 2.00 bits per heavy atom. The maximum Gasteiger partial charge on any atom is 0.286 e. The molecule has 0 saturated heterocycles. The molecule has 1 aromatic heterocycles. The Morgan fingerprint density at radius 1 is 1.39 bits per heavy atom. The highest BCUT2D eigenvalue weighted by Crippen LogP contribution is 2.37. The van der Waals surface area contributed by atoms with E-state index >= 15 is 0 Å². The second-order valence-corrected chi connectivity index (χ2v) is 6.26. The predicted molar refractivity (Wildman–Crippen MR) is 74.4 cm³/mol. The van der Waals surface area contributed by atoms with Gasteiger partial charge in [-0.05, 0) is 25.7 Å². The first-order chi connectivity index (χ1) is 10.6. The molecule has 1 aromatic rings. The minimum atomic E-state index is -2.89. The molecule has 1 fully saturated rings. The molecule has 1 saturated carbocycles. The Hall–Kier alpha value is -1.67. The van der Waals surface area contributed by atoms with E-state index < -0.39 is 24.2 Å². The van der Waals surface area contributed by atoms with Gasteiger partial charge < -0.3 is 5.73 Å². The van der Waals surface area contributed by atoms with E-state index in [1.54, 1.807) is 0 Å². The first-order valence-electron chi connectivity index (χ1n) is 7.55. The van der Waals surface area contributed by atoms with Crippen molar-refractivity contribution in [3.8, 4) is 0 Å². The Bertz CT molecular complexity index is 558. The Kier molecular flexibility index (Phi) is 4.95. The van der Waals surface area contributed by atoms with Crippen molar-refractivity contribution >= 4 is 5.91 Å². The van der Waals surface area contributed by atoms with E-state index in [9.17, 15) is 22.4 Å². The third kappa shape index (κ3) is 5.18. The summed E-state index contributed by atoms with van der Waals surface area (Å²) in [7, 11) is 0. The number of alkyl halides is 4. The highest BCUT2D eigenvalue weighted by Gasteiger charge is 2.35. The topological polar surface area (TPSA) is 73.8 Å². The number of hydrogen-bond acceptors (Lipinski definition) is 3. The summed E-state index contributed by atoms with van der Waals surface area (Å²) in [6.07, 6.45) is 0.185. The van der Waals surface area contributed by atoms with Crippen LogP contribution in [-0.2, 0) is 13.0 Å². The second-order valence-electron chi connectivity index (χ2n) is 6.26. The molecule has 2 N–H and O–H groups in total. The molecule has 23 heavy (non-hydrogen) atoms. The minimum absolute atomic E-state index is 0.00109. The van der Waals surface area contributed by atoms with Crippen molar-refractivity contribution < 1.29 is 22.4 Å². The van der Waals surface area contributed by atoms with E-state index in [1.807, 2.05) is 0 Å². The molecule has 0 unspecified atom stereocenters. The third-order valence-electron chi connectivity index (χ3n) is 4.01. The molecule has 0 bridgehead atoms. The van der Waals surface area contributed by atoms with Crippen LogP contribution in [0.15, 0.2) is 0 Å². The molecule has 1 amide bonds.